The standard InChI is InChI=1S/C13H28O3/c1-4-6-8-10-15-13(3,12-14)16-11-9-7-5-2/h14H,4-12H2,1-3H3. The second-order valence-corrected chi connectivity index (χ2v) is 4.40. The van der Waals surface area contributed by atoms with Gasteiger partial charge in [0.2, 0.25) is 0 Å². The fourth-order valence-corrected chi connectivity index (χ4v) is 1.41. The molecule has 0 aromatic rings. The molecule has 0 atom stereocenters. The Bertz CT molecular complexity index is 136. The molecule has 0 saturated carbocycles. The lowest BCUT2D eigenvalue weighted by atomic mass is 10.2. The lowest BCUT2D eigenvalue weighted by Gasteiger charge is -2.28. The van der Waals surface area contributed by atoms with Crippen LogP contribution in [0, 0.1) is 0 Å². The van der Waals surface area contributed by atoms with E-state index in [1.165, 1.54) is 12.8 Å². The summed E-state index contributed by atoms with van der Waals surface area (Å²) in [5.74, 6) is -0.804. The molecule has 0 saturated heterocycles. The fraction of sp³-hybridized carbons (Fsp3) is 1.00. The minimum Gasteiger partial charge on any atom is -0.391 e. The summed E-state index contributed by atoms with van der Waals surface area (Å²) >= 11 is 0. The van der Waals surface area contributed by atoms with Crippen LogP contribution in [0.25, 0.3) is 0 Å². The van der Waals surface area contributed by atoms with Crippen LogP contribution in [0.4, 0.5) is 0 Å². The van der Waals surface area contributed by atoms with E-state index in [1.807, 2.05) is 6.92 Å². The maximum Gasteiger partial charge on any atom is 0.188 e. The third-order valence-electron chi connectivity index (χ3n) is 2.60. The summed E-state index contributed by atoms with van der Waals surface area (Å²) in [6.07, 6.45) is 6.75. The number of rotatable bonds is 11. The first-order valence-corrected chi connectivity index (χ1v) is 6.57. The molecular formula is C13H28O3. The smallest absolute Gasteiger partial charge is 0.188 e. The van der Waals surface area contributed by atoms with Crippen molar-refractivity contribution < 1.29 is 14.6 Å². The fourth-order valence-electron chi connectivity index (χ4n) is 1.41. The molecule has 0 amide bonds. The average molecular weight is 232 g/mol. The van der Waals surface area contributed by atoms with Crippen LogP contribution >= 0.6 is 0 Å². The van der Waals surface area contributed by atoms with Crippen molar-refractivity contribution in [2.24, 2.45) is 0 Å². The van der Waals surface area contributed by atoms with Gasteiger partial charge in [0.25, 0.3) is 0 Å². The normalized spacial score (nSPS) is 12.0. The van der Waals surface area contributed by atoms with Gasteiger partial charge in [0, 0.05) is 0 Å². The molecule has 0 aliphatic heterocycles. The van der Waals surface area contributed by atoms with Crippen LogP contribution in [0.15, 0.2) is 0 Å². The summed E-state index contributed by atoms with van der Waals surface area (Å²) in [5, 5.41) is 9.25. The first-order valence-electron chi connectivity index (χ1n) is 6.57. The number of ether oxygens (including phenoxy) is 2. The molecule has 16 heavy (non-hydrogen) atoms. The number of aliphatic hydroxyl groups excluding tert-OH is 1. The Morgan fingerprint density at radius 3 is 1.62 bits per heavy atom. The number of aliphatic hydroxyl groups is 1. The van der Waals surface area contributed by atoms with Crippen LogP contribution in [-0.4, -0.2) is 30.7 Å². The summed E-state index contributed by atoms with van der Waals surface area (Å²) in [6.45, 7) is 7.38. The van der Waals surface area contributed by atoms with E-state index in [4.69, 9.17) is 9.47 Å². The summed E-state index contributed by atoms with van der Waals surface area (Å²) in [4.78, 5) is 0. The van der Waals surface area contributed by atoms with Crippen LogP contribution in [0.5, 0.6) is 0 Å². The molecule has 0 rings (SSSR count). The van der Waals surface area contributed by atoms with Gasteiger partial charge in [0.1, 0.15) is 0 Å². The van der Waals surface area contributed by atoms with Gasteiger partial charge in [-0.15, -0.1) is 0 Å². The van der Waals surface area contributed by atoms with Crippen LogP contribution in [0.1, 0.15) is 59.3 Å². The van der Waals surface area contributed by atoms with Gasteiger partial charge in [-0.3, -0.25) is 0 Å². The van der Waals surface area contributed by atoms with Crippen molar-refractivity contribution in [3.05, 3.63) is 0 Å². The Morgan fingerprint density at radius 1 is 0.875 bits per heavy atom. The monoisotopic (exact) mass is 232 g/mol. The summed E-state index contributed by atoms with van der Waals surface area (Å²) in [7, 11) is 0. The summed E-state index contributed by atoms with van der Waals surface area (Å²) in [5.41, 5.74) is 0. The van der Waals surface area contributed by atoms with Gasteiger partial charge in [-0.2, -0.15) is 0 Å². The summed E-state index contributed by atoms with van der Waals surface area (Å²) < 4.78 is 11.2. The second kappa shape index (κ2) is 10.1. The molecule has 0 aliphatic rings. The van der Waals surface area contributed by atoms with Crippen LogP contribution in [-0.2, 0) is 9.47 Å². The topological polar surface area (TPSA) is 38.7 Å². The van der Waals surface area contributed by atoms with Crippen molar-refractivity contribution >= 4 is 0 Å². The molecule has 1 N–H and O–H groups in total. The molecule has 3 heteroatoms. The van der Waals surface area contributed by atoms with E-state index in [0.717, 1.165) is 25.7 Å². The van der Waals surface area contributed by atoms with Crippen LogP contribution in [0.3, 0.4) is 0 Å². The van der Waals surface area contributed by atoms with E-state index in [1.54, 1.807) is 0 Å². The summed E-state index contributed by atoms with van der Waals surface area (Å²) in [6, 6.07) is 0. The van der Waals surface area contributed by atoms with E-state index in [9.17, 15) is 5.11 Å². The molecule has 0 unspecified atom stereocenters. The third kappa shape index (κ3) is 8.08. The number of hydrogen-bond donors (Lipinski definition) is 1. The Labute approximate surface area is 100 Å². The maximum atomic E-state index is 9.25. The highest BCUT2D eigenvalue weighted by Crippen LogP contribution is 2.14. The van der Waals surface area contributed by atoms with Crippen molar-refractivity contribution in [1.29, 1.82) is 0 Å². The first-order chi connectivity index (χ1) is 7.68. The van der Waals surface area contributed by atoms with E-state index in [-0.39, 0.29) is 6.61 Å². The van der Waals surface area contributed by atoms with E-state index >= 15 is 0 Å². The van der Waals surface area contributed by atoms with E-state index in [0.29, 0.717) is 13.2 Å². The Kier molecular flexibility index (Phi) is 9.99. The highest BCUT2D eigenvalue weighted by molar-refractivity contribution is 4.61. The maximum absolute atomic E-state index is 9.25. The minimum absolute atomic E-state index is 0.0781. The van der Waals surface area contributed by atoms with Gasteiger partial charge in [-0.1, -0.05) is 39.5 Å². The Balaban J connectivity index is 3.64. The Hall–Kier alpha value is -0.120. The zero-order chi connectivity index (χ0) is 12.3. The van der Waals surface area contributed by atoms with Crippen LogP contribution in [0.2, 0.25) is 0 Å². The highest BCUT2D eigenvalue weighted by Gasteiger charge is 2.24. The lowest BCUT2D eigenvalue weighted by molar-refractivity contribution is -0.244. The van der Waals surface area contributed by atoms with Gasteiger partial charge in [0.15, 0.2) is 5.79 Å². The molecule has 0 fully saturated rings. The van der Waals surface area contributed by atoms with Gasteiger partial charge in [-0.25, -0.2) is 0 Å². The largest absolute Gasteiger partial charge is 0.391 e. The molecule has 0 radical (unpaired) electrons. The Morgan fingerprint density at radius 2 is 1.31 bits per heavy atom. The van der Waals surface area contributed by atoms with Crippen LogP contribution < -0.4 is 0 Å². The third-order valence-corrected chi connectivity index (χ3v) is 2.60. The van der Waals surface area contributed by atoms with Gasteiger partial charge >= 0.3 is 0 Å². The lowest BCUT2D eigenvalue weighted by Crippen LogP contribution is -2.37. The SMILES string of the molecule is CCCCCOC(C)(CO)OCCCCC. The molecule has 98 valence electrons. The zero-order valence-electron chi connectivity index (χ0n) is 11.1. The predicted molar refractivity (Wildman–Crippen MR) is 66.4 cm³/mol. The molecule has 0 spiro atoms. The quantitative estimate of drug-likeness (QED) is 0.439. The highest BCUT2D eigenvalue weighted by atomic mass is 16.7. The van der Waals surface area contributed by atoms with Gasteiger partial charge < -0.3 is 14.6 Å². The average Bonchev–Trinajstić information content (AvgIpc) is 2.31. The van der Waals surface area contributed by atoms with Gasteiger partial charge in [0.05, 0.1) is 19.8 Å². The van der Waals surface area contributed by atoms with Crippen molar-refractivity contribution in [3.8, 4) is 0 Å². The number of hydrogen-bond acceptors (Lipinski definition) is 3. The van der Waals surface area contributed by atoms with Crippen molar-refractivity contribution in [1.82, 2.24) is 0 Å². The molecule has 0 aromatic carbocycles. The van der Waals surface area contributed by atoms with Crippen molar-refractivity contribution in [3.63, 3.8) is 0 Å². The number of unbranched alkanes of at least 4 members (excludes halogenated alkanes) is 4. The molecule has 0 bridgehead atoms. The molecular weight excluding hydrogens is 204 g/mol. The first kappa shape index (κ1) is 15.9. The van der Waals surface area contributed by atoms with Crippen molar-refractivity contribution in [2.45, 2.75) is 65.1 Å². The molecule has 0 aromatic heterocycles. The predicted octanol–water partition coefficient (Wildman–Crippen LogP) is 3.11. The second-order valence-electron chi connectivity index (χ2n) is 4.40. The molecule has 0 heterocycles. The van der Waals surface area contributed by atoms with Gasteiger partial charge in [-0.05, 0) is 19.8 Å². The molecule has 0 aliphatic carbocycles. The zero-order valence-corrected chi connectivity index (χ0v) is 11.1. The van der Waals surface area contributed by atoms with E-state index in [2.05, 4.69) is 13.8 Å². The van der Waals surface area contributed by atoms with Crippen molar-refractivity contribution in [2.75, 3.05) is 19.8 Å². The van der Waals surface area contributed by atoms with E-state index < -0.39 is 5.79 Å². The molecule has 3 nitrogen and oxygen atoms in total. The minimum atomic E-state index is -0.804.